The lowest BCUT2D eigenvalue weighted by atomic mass is 9.96. The summed E-state index contributed by atoms with van der Waals surface area (Å²) in [6.07, 6.45) is 2.43. The van der Waals surface area contributed by atoms with Crippen LogP contribution >= 0.6 is 0 Å². The van der Waals surface area contributed by atoms with Gasteiger partial charge in [0, 0.05) is 13.1 Å². The van der Waals surface area contributed by atoms with Crippen LogP contribution in [-0.4, -0.2) is 42.6 Å². The molecule has 1 fully saturated rings. The number of nitrogens with zero attached hydrogens (tertiary/aromatic N) is 1. The molecule has 0 radical (unpaired) electrons. The van der Waals surface area contributed by atoms with E-state index < -0.39 is 6.10 Å². The van der Waals surface area contributed by atoms with Crippen molar-refractivity contribution >= 4 is 11.9 Å². The monoisotopic (exact) mass is 347 g/mol. The Bertz CT molecular complexity index is 562. The van der Waals surface area contributed by atoms with Crippen molar-refractivity contribution < 1.29 is 19.1 Å². The molecule has 1 atom stereocenters. The Labute approximate surface area is 150 Å². The van der Waals surface area contributed by atoms with Crippen molar-refractivity contribution in [2.24, 2.45) is 5.92 Å². The molecule has 1 saturated heterocycles. The zero-order valence-electron chi connectivity index (χ0n) is 15.5. The fourth-order valence-electron chi connectivity index (χ4n) is 3.08. The lowest BCUT2D eigenvalue weighted by Crippen LogP contribution is -2.46. The van der Waals surface area contributed by atoms with Crippen molar-refractivity contribution in [1.29, 1.82) is 0 Å². The van der Waals surface area contributed by atoms with Gasteiger partial charge in [0.2, 0.25) is 0 Å². The number of amides is 1. The molecule has 1 heterocycles. The highest BCUT2D eigenvalue weighted by molar-refractivity contribution is 5.81. The van der Waals surface area contributed by atoms with Gasteiger partial charge in [0.05, 0.1) is 12.5 Å². The molecule has 0 aliphatic carbocycles. The second-order valence-corrected chi connectivity index (χ2v) is 6.36. The summed E-state index contributed by atoms with van der Waals surface area (Å²) in [5.41, 5.74) is 1.24. The van der Waals surface area contributed by atoms with Crippen molar-refractivity contribution in [3.63, 3.8) is 0 Å². The van der Waals surface area contributed by atoms with Crippen LogP contribution in [0.25, 0.3) is 0 Å². The number of esters is 1. The maximum absolute atomic E-state index is 12.7. The quantitative estimate of drug-likeness (QED) is 0.711. The maximum Gasteiger partial charge on any atom is 0.309 e. The Hall–Kier alpha value is -2.04. The van der Waals surface area contributed by atoms with Crippen molar-refractivity contribution in [2.75, 3.05) is 19.7 Å². The molecule has 1 aromatic carbocycles. The second-order valence-electron chi connectivity index (χ2n) is 6.36. The molecule has 1 aliphatic rings. The van der Waals surface area contributed by atoms with Crippen LogP contribution in [0.2, 0.25) is 0 Å². The van der Waals surface area contributed by atoms with Crippen LogP contribution in [0.1, 0.15) is 45.6 Å². The molecular weight excluding hydrogens is 318 g/mol. The molecule has 25 heavy (non-hydrogen) atoms. The normalized spacial score (nSPS) is 16.4. The van der Waals surface area contributed by atoms with Crippen molar-refractivity contribution in [3.05, 3.63) is 29.8 Å². The van der Waals surface area contributed by atoms with E-state index in [1.54, 1.807) is 0 Å². The number of carbonyl (C=O) groups is 2. The molecule has 0 aromatic heterocycles. The number of benzene rings is 1. The summed E-state index contributed by atoms with van der Waals surface area (Å²) in [6.45, 7) is 7.43. The first-order valence-corrected chi connectivity index (χ1v) is 9.30. The van der Waals surface area contributed by atoms with Gasteiger partial charge < -0.3 is 14.4 Å². The standard InChI is InChI=1S/C20H29NO4/c1-4-15-7-9-17(10-8-15)25-18(5-2)19(22)21-13-11-16(12-14-21)20(23)24-6-3/h7-10,16,18H,4-6,11-14H2,1-3H3. The number of aryl methyl sites for hydroxylation is 1. The van der Waals surface area contributed by atoms with E-state index >= 15 is 0 Å². The number of hydrogen-bond acceptors (Lipinski definition) is 4. The van der Waals surface area contributed by atoms with Gasteiger partial charge in [0.25, 0.3) is 5.91 Å². The molecule has 1 aromatic rings. The van der Waals surface area contributed by atoms with E-state index in [-0.39, 0.29) is 17.8 Å². The molecule has 138 valence electrons. The molecule has 5 heteroatoms. The molecular formula is C20H29NO4. The molecule has 0 spiro atoms. The number of ether oxygens (including phenoxy) is 2. The third kappa shape index (κ3) is 5.21. The van der Waals surface area contributed by atoms with Crippen LogP contribution in [0.3, 0.4) is 0 Å². The van der Waals surface area contributed by atoms with E-state index in [1.165, 1.54) is 5.56 Å². The van der Waals surface area contributed by atoms with Crippen LogP contribution in [-0.2, 0) is 20.7 Å². The number of likely N-dealkylation sites (tertiary alicyclic amines) is 1. The van der Waals surface area contributed by atoms with Crippen LogP contribution in [0.5, 0.6) is 5.75 Å². The van der Waals surface area contributed by atoms with Crippen LogP contribution in [0.15, 0.2) is 24.3 Å². The lowest BCUT2D eigenvalue weighted by molar-refractivity contribution is -0.152. The number of hydrogen-bond donors (Lipinski definition) is 0. The van der Waals surface area contributed by atoms with E-state index in [1.807, 2.05) is 43.0 Å². The summed E-state index contributed by atoms with van der Waals surface area (Å²) in [5, 5.41) is 0. The van der Waals surface area contributed by atoms with Gasteiger partial charge in [-0.15, -0.1) is 0 Å². The molecule has 2 rings (SSSR count). The molecule has 1 unspecified atom stereocenters. The highest BCUT2D eigenvalue weighted by Gasteiger charge is 2.31. The molecule has 5 nitrogen and oxygen atoms in total. The predicted octanol–water partition coefficient (Wildman–Crippen LogP) is 3.21. The maximum atomic E-state index is 12.7. The van der Waals surface area contributed by atoms with E-state index in [2.05, 4.69) is 6.92 Å². The number of carbonyl (C=O) groups excluding carboxylic acids is 2. The van der Waals surface area contributed by atoms with E-state index in [0.717, 1.165) is 12.2 Å². The summed E-state index contributed by atoms with van der Waals surface area (Å²) in [6, 6.07) is 7.89. The fraction of sp³-hybridized carbons (Fsp3) is 0.600. The third-order valence-electron chi connectivity index (χ3n) is 4.68. The zero-order valence-corrected chi connectivity index (χ0v) is 15.5. The third-order valence-corrected chi connectivity index (χ3v) is 4.68. The first-order valence-electron chi connectivity index (χ1n) is 9.30. The van der Waals surface area contributed by atoms with E-state index in [0.29, 0.717) is 39.0 Å². The first-order chi connectivity index (χ1) is 12.1. The second kappa shape index (κ2) is 9.44. The van der Waals surface area contributed by atoms with Crippen LogP contribution in [0.4, 0.5) is 0 Å². The highest BCUT2D eigenvalue weighted by Crippen LogP contribution is 2.21. The summed E-state index contributed by atoms with van der Waals surface area (Å²) in [4.78, 5) is 26.4. The zero-order chi connectivity index (χ0) is 18.2. The summed E-state index contributed by atoms with van der Waals surface area (Å²) in [7, 11) is 0. The number of piperidine rings is 1. The Morgan fingerprint density at radius 3 is 2.28 bits per heavy atom. The van der Waals surface area contributed by atoms with E-state index in [4.69, 9.17) is 9.47 Å². The van der Waals surface area contributed by atoms with Gasteiger partial charge in [-0.1, -0.05) is 26.0 Å². The van der Waals surface area contributed by atoms with Crippen LogP contribution < -0.4 is 4.74 Å². The SMILES string of the molecule is CCOC(=O)C1CCN(C(=O)C(CC)Oc2ccc(CC)cc2)CC1. The van der Waals surface area contributed by atoms with Crippen molar-refractivity contribution in [2.45, 2.75) is 52.6 Å². The van der Waals surface area contributed by atoms with Crippen LogP contribution in [0, 0.1) is 5.92 Å². The topological polar surface area (TPSA) is 55.8 Å². The minimum Gasteiger partial charge on any atom is -0.481 e. The Balaban J connectivity index is 1.90. The van der Waals surface area contributed by atoms with Gasteiger partial charge >= 0.3 is 5.97 Å². The minimum absolute atomic E-state index is 0.00405. The molecule has 1 amide bonds. The minimum atomic E-state index is -0.480. The molecule has 1 aliphatic heterocycles. The van der Waals surface area contributed by atoms with Gasteiger partial charge in [-0.25, -0.2) is 0 Å². The molecule has 0 saturated carbocycles. The Morgan fingerprint density at radius 1 is 1.12 bits per heavy atom. The summed E-state index contributed by atoms with van der Waals surface area (Å²) < 4.78 is 11.0. The van der Waals surface area contributed by atoms with Gasteiger partial charge in [0.15, 0.2) is 6.10 Å². The van der Waals surface area contributed by atoms with Gasteiger partial charge in [0.1, 0.15) is 5.75 Å². The molecule has 0 bridgehead atoms. The largest absolute Gasteiger partial charge is 0.481 e. The molecule has 0 N–H and O–H groups in total. The summed E-state index contributed by atoms with van der Waals surface area (Å²) >= 11 is 0. The van der Waals surface area contributed by atoms with Gasteiger partial charge in [-0.05, 0) is 50.3 Å². The van der Waals surface area contributed by atoms with Crippen molar-refractivity contribution in [3.8, 4) is 5.75 Å². The fourth-order valence-corrected chi connectivity index (χ4v) is 3.08. The smallest absolute Gasteiger partial charge is 0.309 e. The van der Waals surface area contributed by atoms with Crippen molar-refractivity contribution in [1.82, 2.24) is 4.90 Å². The Morgan fingerprint density at radius 2 is 1.76 bits per heavy atom. The average Bonchev–Trinajstić information content (AvgIpc) is 2.66. The number of rotatable bonds is 7. The van der Waals surface area contributed by atoms with Gasteiger partial charge in [-0.2, -0.15) is 0 Å². The lowest BCUT2D eigenvalue weighted by Gasteiger charge is -2.33. The predicted molar refractivity (Wildman–Crippen MR) is 96.5 cm³/mol. The van der Waals surface area contributed by atoms with Gasteiger partial charge in [-0.3, -0.25) is 9.59 Å². The van der Waals surface area contributed by atoms with E-state index in [9.17, 15) is 9.59 Å². The summed E-state index contributed by atoms with van der Waals surface area (Å²) in [5.74, 6) is 0.490. The first kappa shape index (κ1) is 19.3. The Kier molecular flexibility index (Phi) is 7.29. The highest BCUT2D eigenvalue weighted by atomic mass is 16.5. The average molecular weight is 347 g/mol.